The highest BCUT2D eigenvalue weighted by molar-refractivity contribution is 7.98. The van der Waals surface area contributed by atoms with Crippen molar-refractivity contribution in [2.24, 2.45) is 0 Å². The number of nitrogens with zero attached hydrogens (tertiary/aromatic N) is 3. The zero-order valence-corrected chi connectivity index (χ0v) is 10.2. The monoisotopic (exact) mass is 227 g/mol. The first-order valence-electron chi connectivity index (χ1n) is 4.91. The van der Waals surface area contributed by atoms with Crippen molar-refractivity contribution in [2.75, 3.05) is 19.1 Å². The standard InChI is InChI=1S/C10H17N3OS/c1-9(4-7-15-3)12(2)10(14)13-6-5-11-8-13/h5-6,8-9H,4,7H2,1-3H3. The van der Waals surface area contributed by atoms with Crippen LogP contribution in [0.5, 0.6) is 0 Å². The van der Waals surface area contributed by atoms with Gasteiger partial charge in [0, 0.05) is 25.5 Å². The molecule has 0 bridgehead atoms. The molecule has 1 aromatic rings. The van der Waals surface area contributed by atoms with E-state index in [9.17, 15) is 4.79 Å². The van der Waals surface area contributed by atoms with Crippen LogP contribution < -0.4 is 0 Å². The minimum absolute atomic E-state index is 0.0268. The zero-order chi connectivity index (χ0) is 11.3. The van der Waals surface area contributed by atoms with Gasteiger partial charge in [0.2, 0.25) is 0 Å². The van der Waals surface area contributed by atoms with Crippen molar-refractivity contribution in [3.63, 3.8) is 0 Å². The van der Waals surface area contributed by atoms with Gasteiger partial charge in [-0.1, -0.05) is 0 Å². The summed E-state index contributed by atoms with van der Waals surface area (Å²) in [5, 5.41) is 0. The van der Waals surface area contributed by atoms with Crippen molar-refractivity contribution in [1.82, 2.24) is 14.5 Å². The third kappa shape index (κ3) is 3.27. The third-order valence-electron chi connectivity index (χ3n) is 2.43. The second-order valence-electron chi connectivity index (χ2n) is 3.49. The van der Waals surface area contributed by atoms with Crippen LogP contribution in [-0.4, -0.2) is 45.6 Å². The normalized spacial score (nSPS) is 12.5. The van der Waals surface area contributed by atoms with Crippen LogP contribution in [0.2, 0.25) is 0 Å². The topological polar surface area (TPSA) is 38.1 Å². The molecule has 1 unspecified atom stereocenters. The van der Waals surface area contributed by atoms with Crippen LogP contribution in [0.1, 0.15) is 13.3 Å². The molecule has 4 nitrogen and oxygen atoms in total. The van der Waals surface area contributed by atoms with Gasteiger partial charge in [-0.15, -0.1) is 0 Å². The molecule has 0 N–H and O–H groups in total. The summed E-state index contributed by atoms with van der Waals surface area (Å²) in [6.45, 7) is 2.06. The summed E-state index contributed by atoms with van der Waals surface area (Å²) in [5.41, 5.74) is 0. The van der Waals surface area contributed by atoms with E-state index in [-0.39, 0.29) is 12.1 Å². The van der Waals surface area contributed by atoms with Gasteiger partial charge in [-0.05, 0) is 25.4 Å². The molecule has 0 saturated carbocycles. The van der Waals surface area contributed by atoms with E-state index in [2.05, 4.69) is 18.2 Å². The number of aromatic nitrogens is 2. The number of hydrogen-bond acceptors (Lipinski definition) is 3. The van der Waals surface area contributed by atoms with Gasteiger partial charge in [0.15, 0.2) is 0 Å². The molecule has 1 rings (SSSR count). The Morgan fingerprint density at radius 1 is 1.67 bits per heavy atom. The maximum absolute atomic E-state index is 11.9. The second kappa shape index (κ2) is 5.80. The molecule has 84 valence electrons. The molecule has 0 aromatic carbocycles. The van der Waals surface area contributed by atoms with Crippen LogP contribution in [0, 0.1) is 0 Å². The summed E-state index contributed by atoms with van der Waals surface area (Å²) in [4.78, 5) is 17.5. The fourth-order valence-corrected chi connectivity index (χ4v) is 1.80. The van der Waals surface area contributed by atoms with Crippen molar-refractivity contribution in [1.29, 1.82) is 0 Å². The molecule has 0 aliphatic carbocycles. The molecule has 0 aliphatic heterocycles. The molecule has 0 saturated heterocycles. The van der Waals surface area contributed by atoms with E-state index in [1.807, 2.05) is 7.05 Å². The van der Waals surface area contributed by atoms with Crippen LogP contribution in [0.25, 0.3) is 0 Å². The van der Waals surface area contributed by atoms with Crippen molar-refractivity contribution >= 4 is 17.8 Å². The van der Waals surface area contributed by atoms with E-state index >= 15 is 0 Å². The summed E-state index contributed by atoms with van der Waals surface area (Å²) >= 11 is 1.80. The Bertz CT molecular complexity index is 300. The quantitative estimate of drug-likeness (QED) is 0.788. The molecule has 5 heteroatoms. The Kier molecular flexibility index (Phi) is 4.68. The van der Waals surface area contributed by atoms with Gasteiger partial charge in [0.1, 0.15) is 6.33 Å². The van der Waals surface area contributed by atoms with Gasteiger partial charge in [0.05, 0.1) is 0 Å². The first-order valence-corrected chi connectivity index (χ1v) is 6.30. The average molecular weight is 227 g/mol. The Balaban J connectivity index is 2.52. The third-order valence-corrected chi connectivity index (χ3v) is 3.07. The summed E-state index contributed by atoms with van der Waals surface area (Å²) in [5.74, 6) is 1.07. The van der Waals surface area contributed by atoms with E-state index in [0.717, 1.165) is 12.2 Å². The minimum atomic E-state index is -0.0268. The number of thioether (sulfide) groups is 1. The predicted molar refractivity (Wildman–Crippen MR) is 63.2 cm³/mol. The van der Waals surface area contributed by atoms with Gasteiger partial charge in [0.25, 0.3) is 0 Å². The lowest BCUT2D eigenvalue weighted by Gasteiger charge is -2.24. The lowest BCUT2D eigenvalue weighted by Crippen LogP contribution is -2.37. The van der Waals surface area contributed by atoms with Gasteiger partial charge < -0.3 is 4.90 Å². The van der Waals surface area contributed by atoms with Crippen molar-refractivity contribution in [3.05, 3.63) is 18.7 Å². The largest absolute Gasteiger partial charge is 0.329 e. The highest BCUT2D eigenvalue weighted by atomic mass is 32.2. The summed E-state index contributed by atoms with van der Waals surface area (Å²) < 4.78 is 1.50. The summed E-state index contributed by atoms with van der Waals surface area (Å²) in [6, 6.07) is 0.230. The highest BCUT2D eigenvalue weighted by Gasteiger charge is 2.16. The summed E-state index contributed by atoms with van der Waals surface area (Å²) in [6.07, 6.45) is 7.89. The van der Waals surface area contributed by atoms with Crippen molar-refractivity contribution < 1.29 is 4.79 Å². The van der Waals surface area contributed by atoms with E-state index in [1.54, 1.807) is 29.1 Å². The van der Waals surface area contributed by atoms with E-state index in [4.69, 9.17) is 0 Å². The van der Waals surface area contributed by atoms with Gasteiger partial charge in [-0.3, -0.25) is 4.57 Å². The van der Waals surface area contributed by atoms with E-state index in [1.165, 1.54) is 10.9 Å². The van der Waals surface area contributed by atoms with Gasteiger partial charge in [-0.2, -0.15) is 11.8 Å². The number of amides is 1. The fourth-order valence-electron chi connectivity index (χ4n) is 1.22. The average Bonchev–Trinajstić information content (AvgIpc) is 2.77. The SMILES string of the molecule is CSCCC(C)N(C)C(=O)n1ccnc1. The molecule has 1 heterocycles. The minimum Gasteiger partial charge on any atom is -0.324 e. The molecule has 1 amide bonds. The first kappa shape index (κ1) is 12.1. The van der Waals surface area contributed by atoms with E-state index in [0.29, 0.717) is 0 Å². The van der Waals surface area contributed by atoms with Crippen molar-refractivity contribution in [3.8, 4) is 0 Å². The molecule has 0 radical (unpaired) electrons. The molecular weight excluding hydrogens is 210 g/mol. The summed E-state index contributed by atoms with van der Waals surface area (Å²) in [7, 11) is 1.83. The number of carbonyl (C=O) groups is 1. The molecule has 1 aromatic heterocycles. The Morgan fingerprint density at radius 3 is 2.93 bits per heavy atom. The van der Waals surface area contributed by atoms with Crippen molar-refractivity contribution in [2.45, 2.75) is 19.4 Å². The smallest absolute Gasteiger partial charge is 0.324 e. The lowest BCUT2D eigenvalue weighted by molar-refractivity contribution is 0.194. The molecule has 0 aliphatic rings. The van der Waals surface area contributed by atoms with Crippen LogP contribution in [0.3, 0.4) is 0 Å². The second-order valence-corrected chi connectivity index (χ2v) is 4.48. The molecule has 1 atom stereocenters. The Labute approximate surface area is 94.7 Å². The predicted octanol–water partition coefficient (Wildman–Crippen LogP) is 1.92. The van der Waals surface area contributed by atoms with Gasteiger partial charge in [-0.25, -0.2) is 9.78 Å². The molecular formula is C10H17N3OS. The Morgan fingerprint density at radius 2 is 2.40 bits per heavy atom. The maximum atomic E-state index is 11.9. The molecule has 0 spiro atoms. The number of imidazole rings is 1. The van der Waals surface area contributed by atoms with Gasteiger partial charge >= 0.3 is 6.03 Å². The number of hydrogen-bond donors (Lipinski definition) is 0. The molecule has 0 fully saturated rings. The number of carbonyl (C=O) groups excluding carboxylic acids is 1. The van der Waals surface area contributed by atoms with Crippen LogP contribution in [-0.2, 0) is 0 Å². The number of rotatable bonds is 4. The Hall–Kier alpha value is -0.970. The maximum Gasteiger partial charge on any atom is 0.329 e. The first-order chi connectivity index (χ1) is 7.16. The molecule has 15 heavy (non-hydrogen) atoms. The zero-order valence-electron chi connectivity index (χ0n) is 9.38. The van der Waals surface area contributed by atoms with Crippen LogP contribution in [0.4, 0.5) is 4.79 Å². The van der Waals surface area contributed by atoms with Crippen LogP contribution >= 0.6 is 11.8 Å². The lowest BCUT2D eigenvalue weighted by atomic mass is 10.2. The van der Waals surface area contributed by atoms with Crippen LogP contribution in [0.15, 0.2) is 18.7 Å². The van der Waals surface area contributed by atoms with E-state index < -0.39 is 0 Å². The highest BCUT2D eigenvalue weighted by Crippen LogP contribution is 2.07. The fraction of sp³-hybridized carbons (Fsp3) is 0.600.